The maximum absolute atomic E-state index is 11.8. The Hall–Kier alpha value is -1.76. The van der Waals surface area contributed by atoms with Crippen molar-refractivity contribution in [2.24, 2.45) is 11.8 Å². The smallest absolute Gasteiger partial charge is 0.303 e. The van der Waals surface area contributed by atoms with Gasteiger partial charge in [0.1, 0.15) is 11.6 Å². The number of aliphatic hydroxyl groups is 1. The van der Waals surface area contributed by atoms with E-state index in [1.54, 1.807) is 0 Å². The minimum atomic E-state index is -1.05. The Morgan fingerprint density at radius 1 is 0.952 bits per heavy atom. The third-order valence-electron chi connectivity index (χ3n) is 3.88. The normalized spacial score (nSPS) is 25.0. The van der Waals surface area contributed by atoms with E-state index in [4.69, 9.17) is 10.2 Å². The summed E-state index contributed by atoms with van der Waals surface area (Å²) in [5.41, 5.74) is 0. The van der Waals surface area contributed by atoms with Gasteiger partial charge in [0, 0.05) is 31.6 Å². The molecule has 0 aromatic rings. The average Bonchev–Trinajstić information content (AvgIpc) is 2.65. The molecule has 0 unspecified atom stereocenters. The summed E-state index contributed by atoms with van der Waals surface area (Å²) >= 11 is 0. The number of rotatable bonds is 9. The first kappa shape index (κ1) is 17.3. The SMILES string of the molecule is O=C(O)CCC(=O)CC[C@H]1C(=O)C[C@@H](O)[C@H]1CCC(=O)O. The Kier molecular flexibility index (Phi) is 6.48. The molecule has 118 valence electrons. The molecule has 0 heterocycles. The summed E-state index contributed by atoms with van der Waals surface area (Å²) in [5.74, 6) is -3.35. The first-order valence-corrected chi connectivity index (χ1v) is 6.97. The van der Waals surface area contributed by atoms with Gasteiger partial charge < -0.3 is 15.3 Å². The van der Waals surface area contributed by atoms with Gasteiger partial charge >= 0.3 is 11.9 Å². The van der Waals surface area contributed by atoms with Crippen LogP contribution in [-0.2, 0) is 19.2 Å². The van der Waals surface area contributed by atoms with E-state index in [0.717, 1.165) is 0 Å². The third-order valence-corrected chi connectivity index (χ3v) is 3.88. The molecule has 0 bridgehead atoms. The first-order valence-electron chi connectivity index (χ1n) is 6.97. The van der Waals surface area contributed by atoms with Crippen LogP contribution in [0.15, 0.2) is 0 Å². The molecule has 7 nitrogen and oxygen atoms in total. The van der Waals surface area contributed by atoms with Gasteiger partial charge in [-0.15, -0.1) is 0 Å². The van der Waals surface area contributed by atoms with Crippen LogP contribution in [0.1, 0.15) is 44.9 Å². The van der Waals surface area contributed by atoms with Gasteiger partial charge in [-0.05, 0) is 18.8 Å². The zero-order chi connectivity index (χ0) is 16.0. The van der Waals surface area contributed by atoms with Crippen LogP contribution in [0.4, 0.5) is 0 Å². The van der Waals surface area contributed by atoms with Crippen LogP contribution in [0.5, 0.6) is 0 Å². The van der Waals surface area contributed by atoms with Crippen molar-refractivity contribution < 1.29 is 34.5 Å². The molecule has 0 spiro atoms. The molecule has 0 radical (unpaired) electrons. The van der Waals surface area contributed by atoms with Gasteiger partial charge in [0.05, 0.1) is 12.5 Å². The lowest BCUT2D eigenvalue weighted by molar-refractivity contribution is -0.138. The molecule has 1 aliphatic carbocycles. The van der Waals surface area contributed by atoms with Gasteiger partial charge in [-0.3, -0.25) is 19.2 Å². The summed E-state index contributed by atoms with van der Waals surface area (Å²) in [4.78, 5) is 44.3. The number of hydrogen-bond acceptors (Lipinski definition) is 5. The summed E-state index contributed by atoms with van der Waals surface area (Å²) in [6, 6.07) is 0. The fourth-order valence-electron chi connectivity index (χ4n) is 2.76. The van der Waals surface area contributed by atoms with E-state index in [-0.39, 0.29) is 56.5 Å². The molecule has 3 atom stereocenters. The van der Waals surface area contributed by atoms with E-state index < -0.39 is 29.9 Å². The number of carbonyl (C=O) groups excluding carboxylic acids is 2. The van der Waals surface area contributed by atoms with E-state index in [2.05, 4.69) is 0 Å². The Labute approximate surface area is 122 Å². The van der Waals surface area contributed by atoms with Crippen LogP contribution in [-0.4, -0.2) is 44.9 Å². The van der Waals surface area contributed by atoms with Crippen LogP contribution in [0.2, 0.25) is 0 Å². The van der Waals surface area contributed by atoms with Crippen molar-refractivity contribution in [2.75, 3.05) is 0 Å². The quantitative estimate of drug-likeness (QED) is 0.569. The molecule has 7 heteroatoms. The van der Waals surface area contributed by atoms with Crippen LogP contribution in [0.3, 0.4) is 0 Å². The first-order chi connectivity index (χ1) is 9.81. The van der Waals surface area contributed by atoms with Crippen molar-refractivity contribution in [1.29, 1.82) is 0 Å². The van der Waals surface area contributed by atoms with E-state index in [0.29, 0.717) is 0 Å². The Morgan fingerprint density at radius 3 is 2.14 bits per heavy atom. The second-order valence-corrected chi connectivity index (χ2v) is 5.41. The molecule has 1 fully saturated rings. The minimum absolute atomic E-state index is 0.00172. The van der Waals surface area contributed by atoms with E-state index in [9.17, 15) is 24.3 Å². The highest BCUT2D eigenvalue weighted by atomic mass is 16.4. The lowest BCUT2D eigenvalue weighted by Gasteiger charge is -2.19. The monoisotopic (exact) mass is 300 g/mol. The molecule has 1 rings (SSSR count). The molecule has 0 aromatic carbocycles. The Balaban J connectivity index is 2.49. The van der Waals surface area contributed by atoms with Crippen molar-refractivity contribution >= 4 is 23.5 Å². The van der Waals surface area contributed by atoms with Gasteiger partial charge in [0.2, 0.25) is 0 Å². The van der Waals surface area contributed by atoms with Crippen LogP contribution >= 0.6 is 0 Å². The molecule has 0 aromatic heterocycles. The lowest BCUT2D eigenvalue weighted by atomic mass is 9.86. The maximum Gasteiger partial charge on any atom is 0.303 e. The number of hydrogen-bond donors (Lipinski definition) is 3. The number of carboxylic acids is 2. The highest BCUT2D eigenvalue weighted by Crippen LogP contribution is 2.35. The van der Waals surface area contributed by atoms with Gasteiger partial charge in [-0.2, -0.15) is 0 Å². The topological polar surface area (TPSA) is 129 Å². The van der Waals surface area contributed by atoms with Gasteiger partial charge in [-0.25, -0.2) is 0 Å². The number of aliphatic carboxylic acids is 2. The zero-order valence-electron chi connectivity index (χ0n) is 11.7. The number of ketones is 2. The lowest BCUT2D eigenvalue weighted by Crippen LogP contribution is -2.22. The molecule has 3 N–H and O–H groups in total. The van der Waals surface area contributed by atoms with Crippen molar-refractivity contribution in [2.45, 2.75) is 51.0 Å². The minimum Gasteiger partial charge on any atom is -0.481 e. The largest absolute Gasteiger partial charge is 0.481 e. The van der Waals surface area contributed by atoms with Crippen molar-refractivity contribution in [1.82, 2.24) is 0 Å². The van der Waals surface area contributed by atoms with Crippen molar-refractivity contribution in [3.8, 4) is 0 Å². The fraction of sp³-hybridized carbons (Fsp3) is 0.714. The maximum atomic E-state index is 11.8. The summed E-state index contributed by atoms with van der Waals surface area (Å²) in [6.45, 7) is 0. The average molecular weight is 300 g/mol. The molecule has 0 amide bonds. The van der Waals surface area contributed by atoms with Crippen molar-refractivity contribution in [3.63, 3.8) is 0 Å². The number of carbonyl (C=O) groups is 4. The number of aliphatic hydroxyl groups excluding tert-OH is 1. The summed E-state index contributed by atoms with van der Waals surface area (Å²) in [7, 11) is 0. The van der Waals surface area contributed by atoms with Crippen LogP contribution in [0, 0.1) is 11.8 Å². The number of Topliss-reactive ketones (excluding diaryl/α,β-unsaturated/α-hetero) is 2. The van der Waals surface area contributed by atoms with Crippen LogP contribution in [0.25, 0.3) is 0 Å². The second-order valence-electron chi connectivity index (χ2n) is 5.41. The standard InChI is InChI=1S/C14H20O7/c15-8(2-5-13(18)19)1-3-9-10(4-6-14(20)21)12(17)7-11(9)16/h9-10,12,17H,1-7H2,(H,18,19)(H,20,21)/t9-,10+,12-/m1/s1. The Morgan fingerprint density at radius 2 is 1.57 bits per heavy atom. The molecular formula is C14H20O7. The van der Waals surface area contributed by atoms with E-state index in [1.165, 1.54) is 0 Å². The summed E-state index contributed by atoms with van der Waals surface area (Å²) in [6.07, 6.45) is -0.747. The molecular weight excluding hydrogens is 280 g/mol. The molecule has 21 heavy (non-hydrogen) atoms. The van der Waals surface area contributed by atoms with E-state index in [1.807, 2.05) is 0 Å². The van der Waals surface area contributed by atoms with Gasteiger partial charge in [0.25, 0.3) is 0 Å². The summed E-state index contributed by atoms with van der Waals surface area (Å²) in [5, 5.41) is 27.0. The second kappa shape index (κ2) is 7.87. The summed E-state index contributed by atoms with van der Waals surface area (Å²) < 4.78 is 0. The van der Waals surface area contributed by atoms with Crippen LogP contribution < -0.4 is 0 Å². The molecule has 1 saturated carbocycles. The highest BCUT2D eigenvalue weighted by Gasteiger charge is 2.41. The molecule has 1 aliphatic rings. The zero-order valence-corrected chi connectivity index (χ0v) is 11.7. The molecule has 0 aliphatic heterocycles. The van der Waals surface area contributed by atoms with E-state index >= 15 is 0 Å². The molecule has 0 saturated heterocycles. The predicted molar refractivity (Wildman–Crippen MR) is 70.6 cm³/mol. The highest BCUT2D eigenvalue weighted by molar-refractivity contribution is 5.86. The van der Waals surface area contributed by atoms with Gasteiger partial charge in [-0.1, -0.05) is 0 Å². The third kappa shape index (κ3) is 5.63. The van der Waals surface area contributed by atoms with Gasteiger partial charge in [0.15, 0.2) is 0 Å². The van der Waals surface area contributed by atoms with Crippen molar-refractivity contribution in [3.05, 3.63) is 0 Å². The predicted octanol–water partition coefficient (Wildman–Crippen LogP) is 0.631. The Bertz CT molecular complexity index is 429. The number of carboxylic acid groups (broad SMARTS) is 2. The fourth-order valence-corrected chi connectivity index (χ4v) is 2.76.